The number of benzene rings is 2. The topological polar surface area (TPSA) is 76.3 Å². The number of pyridine rings is 1. The number of hydrogen-bond donors (Lipinski definition) is 1. The quantitative estimate of drug-likeness (QED) is 0.782. The highest BCUT2D eigenvalue weighted by molar-refractivity contribution is 6.10. The van der Waals surface area contributed by atoms with Crippen LogP contribution in [0.25, 0.3) is 0 Å². The van der Waals surface area contributed by atoms with Crippen molar-refractivity contribution in [3.8, 4) is 0 Å². The lowest BCUT2D eigenvalue weighted by atomic mass is 10.1. The van der Waals surface area contributed by atoms with Gasteiger partial charge >= 0.3 is 0 Å². The van der Waals surface area contributed by atoms with E-state index in [1.54, 1.807) is 17.0 Å². The number of primary amides is 1. The molecule has 26 heavy (non-hydrogen) atoms. The van der Waals surface area contributed by atoms with Gasteiger partial charge in [-0.1, -0.05) is 41.5 Å². The van der Waals surface area contributed by atoms with E-state index >= 15 is 0 Å². The average Bonchev–Trinajstić information content (AvgIpc) is 2.65. The molecule has 0 saturated heterocycles. The fourth-order valence-electron chi connectivity index (χ4n) is 2.58. The maximum absolute atomic E-state index is 13.2. The number of nitrogens with zero attached hydrogens (tertiary/aromatic N) is 2. The van der Waals surface area contributed by atoms with Gasteiger partial charge in [0.2, 0.25) is 0 Å². The fraction of sp³-hybridized carbons (Fsp3) is 0.0952. The third-order valence-corrected chi connectivity index (χ3v) is 4.01. The van der Waals surface area contributed by atoms with E-state index in [4.69, 9.17) is 5.73 Å². The fourth-order valence-corrected chi connectivity index (χ4v) is 2.58. The molecule has 3 aromatic rings. The van der Waals surface area contributed by atoms with Crippen LogP contribution < -0.4 is 10.6 Å². The van der Waals surface area contributed by atoms with E-state index in [2.05, 4.69) is 4.98 Å². The van der Waals surface area contributed by atoms with Crippen molar-refractivity contribution in [2.24, 2.45) is 5.73 Å². The molecule has 5 nitrogen and oxygen atoms in total. The lowest BCUT2D eigenvalue weighted by Crippen LogP contribution is -2.27. The van der Waals surface area contributed by atoms with Gasteiger partial charge in [0.1, 0.15) is 11.4 Å². The highest BCUT2D eigenvalue weighted by Crippen LogP contribution is 2.28. The molecule has 3 rings (SSSR count). The molecule has 1 heterocycles. The van der Waals surface area contributed by atoms with Gasteiger partial charge in [-0.15, -0.1) is 0 Å². The van der Waals surface area contributed by atoms with Crippen LogP contribution in [0.15, 0.2) is 66.7 Å². The summed E-state index contributed by atoms with van der Waals surface area (Å²) in [6.45, 7) is 3.97. The zero-order valence-corrected chi connectivity index (χ0v) is 14.6. The Morgan fingerprint density at radius 2 is 1.23 bits per heavy atom. The molecular weight excluding hydrogens is 326 g/mol. The lowest BCUT2D eigenvalue weighted by molar-refractivity contribution is 0.0991. The molecule has 0 atom stereocenters. The van der Waals surface area contributed by atoms with Crippen LogP contribution in [-0.2, 0) is 0 Å². The maximum Gasteiger partial charge on any atom is 0.281 e. The van der Waals surface area contributed by atoms with Gasteiger partial charge in [-0.3, -0.25) is 14.5 Å². The molecule has 0 aliphatic rings. The smallest absolute Gasteiger partial charge is 0.281 e. The molecule has 0 bridgehead atoms. The number of carbonyl (C=O) groups is 2. The molecule has 0 unspecified atom stereocenters. The Bertz CT molecular complexity index is 902. The second kappa shape index (κ2) is 7.19. The number of carbonyl (C=O) groups excluding carboxylic acids is 2. The van der Waals surface area contributed by atoms with E-state index in [0.29, 0.717) is 0 Å². The number of amides is 2. The molecule has 130 valence electrons. The first-order chi connectivity index (χ1) is 12.5. The summed E-state index contributed by atoms with van der Waals surface area (Å²) in [5.74, 6) is -1.00. The first-order valence-corrected chi connectivity index (χ1v) is 8.20. The first kappa shape index (κ1) is 17.4. The zero-order valence-electron chi connectivity index (χ0n) is 14.6. The SMILES string of the molecule is Cc1ccc(N(C(=O)c2cccc(C(N)=O)n2)c2ccc(C)cc2)cc1. The molecule has 2 aromatic carbocycles. The third kappa shape index (κ3) is 3.62. The van der Waals surface area contributed by atoms with Crippen LogP contribution in [0.1, 0.15) is 32.1 Å². The van der Waals surface area contributed by atoms with Crippen molar-refractivity contribution in [3.05, 3.63) is 89.2 Å². The van der Waals surface area contributed by atoms with Crippen molar-refractivity contribution in [3.63, 3.8) is 0 Å². The summed E-state index contributed by atoms with van der Waals surface area (Å²) in [7, 11) is 0. The van der Waals surface area contributed by atoms with Crippen molar-refractivity contribution in [2.45, 2.75) is 13.8 Å². The number of aromatic nitrogens is 1. The number of nitrogens with two attached hydrogens (primary N) is 1. The molecule has 2 amide bonds. The average molecular weight is 345 g/mol. The predicted molar refractivity (Wildman–Crippen MR) is 102 cm³/mol. The summed E-state index contributed by atoms with van der Waals surface area (Å²) in [5, 5.41) is 0. The van der Waals surface area contributed by atoms with E-state index < -0.39 is 5.91 Å². The number of hydrogen-bond acceptors (Lipinski definition) is 3. The number of anilines is 2. The molecule has 0 radical (unpaired) electrons. The van der Waals surface area contributed by atoms with Gasteiger partial charge in [-0.05, 0) is 50.2 Å². The molecule has 0 aliphatic carbocycles. The highest BCUT2D eigenvalue weighted by atomic mass is 16.2. The van der Waals surface area contributed by atoms with Crippen LogP contribution in [-0.4, -0.2) is 16.8 Å². The van der Waals surface area contributed by atoms with E-state index in [-0.39, 0.29) is 17.3 Å². The minimum atomic E-state index is -0.670. The molecule has 0 fully saturated rings. The Labute approximate surface area is 152 Å². The summed E-state index contributed by atoms with van der Waals surface area (Å²) < 4.78 is 0. The van der Waals surface area contributed by atoms with Crippen LogP contribution in [0.2, 0.25) is 0 Å². The van der Waals surface area contributed by atoms with Crippen molar-refractivity contribution < 1.29 is 9.59 Å². The van der Waals surface area contributed by atoms with Crippen molar-refractivity contribution in [2.75, 3.05) is 4.90 Å². The minimum Gasteiger partial charge on any atom is -0.364 e. The lowest BCUT2D eigenvalue weighted by Gasteiger charge is -2.23. The van der Waals surface area contributed by atoms with Crippen molar-refractivity contribution >= 4 is 23.2 Å². The van der Waals surface area contributed by atoms with Crippen LogP contribution in [0, 0.1) is 13.8 Å². The summed E-state index contributed by atoms with van der Waals surface area (Å²) in [4.78, 5) is 30.3. The summed E-state index contributed by atoms with van der Waals surface area (Å²) in [6, 6.07) is 19.9. The zero-order chi connectivity index (χ0) is 18.7. The Kier molecular flexibility index (Phi) is 4.80. The molecule has 0 saturated carbocycles. The van der Waals surface area contributed by atoms with Crippen molar-refractivity contribution in [1.82, 2.24) is 4.98 Å². The largest absolute Gasteiger partial charge is 0.364 e. The number of rotatable bonds is 4. The summed E-state index contributed by atoms with van der Waals surface area (Å²) in [6.07, 6.45) is 0. The molecule has 2 N–H and O–H groups in total. The van der Waals surface area contributed by atoms with Gasteiger partial charge < -0.3 is 5.73 Å². The Morgan fingerprint density at radius 1 is 0.769 bits per heavy atom. The van der Waals surface area contributed by atoms with Crippen LogP contribution in [0.3, 0.4) is 0 Å². The van der Waals surface area contributed by atoms with Gasteiger partial charge in [0.15, 0.2) is 0 Å². The standard InChI is InChI=1S/C21H19N3O2/c1-14-6-10-16(11-7-14)24(17-12-8-15(2)9-13-17)21(26)19-5-3-4-18(23-19)20(22)25/h3-13H,1-2H3,(H2,22,25). The van der Waals surface area contributed by atoms with Gasteiger partial charge in [0, 0.05) is 11.4 Å². The third-order valence-electron chi connectivity index (χ3n) is 4.01. The van der Waals surface area contributed by atoms with Gasteiger partial charge in [-0.2, -0.15) is 0 Å². The van der Waals surface area contributed by atoms with Gasteiger partial charge in [0.25, 0.3) is 11.8 Å². The predicted octanol–water partition coefficient (Wildman–Crippen LogP) is 3.78. The van der Waals surface area contributed by atoms with E-state index in [9.17, 15) is 9.59 Å². The van der Waals surface area contributed by atoms with Gasteiger partial charge in [0.05, 0.1) is 0 Å². The van der Waals surface area contributed by atoms with E-state index in [0.717, 1.165) is 22.5 Å². The Morgan fingerprint density at radius 3 is 1.69 bits per heavy atom. The normalized spacial score (nSPS) is 10.4. The van der Waals surface area contributed by atoms with Crippen LogP contribution in [0.4, 0.5) is 11.4 Å². The Hall–Kier alpha value is -3.47. The summed E-state index contributed by atoms with van der Waals surface area (Å²) in [5.41, 5.74) is 9.13. The second-order valence-corrected chi connectivity index (χ2v) is 6.08. The highest BCUT2D eigenvalue weighted by Gasteiger charge is 2.21. The second-order valence-electron chi connectivity index (χ2n) is 6.08. The van der Waals surface area contributed by atoms with E-state index in [1.165, 1.54) is 6.07 Å². The number of aryl methyl sites for hydroxylation is 2. The van der Waals surface area contributed by atoms with Crippen LogP contribution >= 0.6 is 0 Å². The first-order valence-electron chi connectivity index (χ1n) is 8.20. The molecule has 0 aliphatic heterocycles. The monoisotopic (exact) mass is 345 g/mol. The Balaban J connectivity index is 2.09. The van der Waals surface area contributed by atoms with Crippen LogP contribution in [0.5, 0.6) is 0 Å². The molecule has 1 aromatic heterocycles. The maximum atomic E-state index is 13.2. The molecule has 0 spiro atoms. The summed E-state index contributed by atoms with van der Waals surface area (Å²) >= 11 is 0. The van der Waals surface area contributed by atoms with E-state index in [1.807, 2.05) is 62.4 Å². The molecular formula is C21H19N3O2. The van der Waals surface area contributed by atoms with Gasteiger partial charge in [-0.25, -0.2) is 4.98 Å². The van der Waals surface area contributed by atoms with Crippen molar-refractivity contribution in [1.29, 1.82) is 0 Å². The minimum absolute atomic E-state index is 0.0589. The molecule has 5 heteroatoms.